The van der Waals surface area contributed by atoms with Gasteiger partial charge in [-0.3, -0.25) is 4.79 Å². The minimum Gasteiger partial charge on any atom is -0.397 e. The zero-order valence-electron chi connectivity index (χ0n) is 11.8. The topological polar surface area (TPSA) is 98.5 Å². The van der Waals surface area contributed by atoms with Crippen LogP contribution >= 0.6 is 23.2 Å². The summed E-state index contributed by atoms with van der Waals surface area (Å²) in [6, 6.07) is 8.25. The molecule has 0 heterocycles. The number of amides is 1. The first-order valence-corrected chi connectivity index (χ1v) is 8.43. The number of rotatable bonds is 4. The van der Waals surface area contributed by atoms with Crippen LogP contribution in [0.2, 0.25) is 10.0 Å². The summed E-state index contributed by atoms with van der Waals surface area (Å²) in [4.78, 5) is 10.8. The molecule has 122 valence electrons. The number of para-hydroxylation sites is 1. The van der Waals surface area contributed by atoms with E-state index in [4.69, 9.17) is 33.1 Å². The van der Waals surface area contributed by atoms with Crippen LogP contribution in [0.3, 0.4) is 0 Å². The molecule has 2 aromatic carbocycles. The second kappa shape index (κ2) is 6.66. The zero-order chi connectivity index (χ0) is 17.2. The minimum absolute atomic E-state index is 0.0592. The van der Waals surface area contributed by atoms with Gasteiger partial charge in [0, 0.05) is 6.92 Å². The normalized spacial score (nSPS) is 11.1. The number of carbonyl (C=O) groups is 1. The largest absolute Gasteiger partial charge is 0.397 e. The van der Waals surface area contributed by atoms with Crippen LogP contribution in [-0.4, -0.2) is 14.3 Å². The van der Waals surface area contributed by atoms with Crippen molar-refractivity contribution in [2.45, 2.75) is 11.8 Å². The standard InChI is InChI=1S/C14H12Cl2N2O4S/c1-8(19)18-13-6-5-9(7-12(13)17)23(20,21)22-14-10(15)3-2-4-11(14)16/h2-7H,17H2,1H3,(H,18,19). The maximum atomic E-state index is 12.3. The number of carbonyl (C=O) groups excluding carboxylic acids is 1. The van der Waals surface area contributed by atoms with Crippen molar-refractivity contribution >= 4 is 50.6 Å². The number of hydrogen-bond donors (Lipinski definition) is 2. The van der Waals surface area contributed by atoms with Gasteiger partial charge in [0.1, 0.15) is 4.90 Å². The Morgan fingerprint density at radius 2 is 1.78 bits per heavy atom. The lowest BCUT2D eigenvalue weighted by molar-refractivity contribution is -0.114. The van der Waals surface area contributed by atoms with Crippen molar-refractivity contribution in [2.24, 2.45) is 0 Å². The number of benzene rings is 2. The van der Waals surface area contributed by atoms with Gasteiger partial charge in [-0.2, -0.15) is 8.42 Å². The Hall–Kier alpha value is -1.96. The summed E-state index contributed by atoms with van der Waals surface area (Å²) in [5.74, 6) is -0.494. The molecule has 0 saturated carbocycles. The van der Waals surface area contributed by atoms with Crippen LogP contribution < -0.4 is 15.2 Å². The number of nitrogen functional groups attached to an aromatic ring is 1. The number of nitrogens with one attached hydrogen (secondary N) is 1. The second-order valence-corrected chi connectivity index (χ2v) is 6.88. The summed E-state index contributed by atoms with van der Waals surface area (Å²) >= 11 is 11.8. The third kappa shape index (κ3) is 4.07. The van der Waals surface area contributed by atoms with Crippen LogP contribution in [0.1, 0.15) is 6.92 Å². The van der Waals surface area contributed by atoms with Gasteiger partial charge in [-0.05, 0) is 30.3 Å². The van der Waals surface area contributed by atoms with Crippen LogP contribution in [0.15, 0.2) is 41.3 Å². The highest BCUT2D eigenvalue weighted by Gasteiger charge is 2.21. The lowest BCUT2D eigenvalue weighted by Crippen LogP contribution is -2.12. The van der Waals surface area contributed by atoms with Gasteiger partial charge in [-0.1, -0.05) is 29.3 Å². The molecular formula is C14H12Cl2N2O4S. The molecule has 1 amide bonds. The molecule has 0 fully saturated rings. The maximum Gasteiger partial charge on any atom is 0.339 e. The van der Waals surface area contributed by atoms with Gasteiger partial charge in [-0.15, -0.1) is 0 Å². The van der Waals surface area contributed by atoms with Gasteiger partial charge in [0.05, 0.1) is 21.4 Å². The molecule has 0 aliphatic rings. The van der Waals surface area contributed by atoms with E-state index in [1.54, 1.807) is 6.07 Å². The van der Waals surface area contributed by atoms with Gasteiger partial charge in [0.2, 0.25) is 5.91 Å². The van der Waals surface area contributed by atoms with E-state index < -0.39 is 10.1 Å². The van der Waals surface area contributed by atoms with Crippen molar-refractivity contribution in [2.75, 3.05) is 11.1 Å². The molecule has 2 aromatic rings. The average Bonchev–Trinajstić information content (AvgIpc) is 2.45. The van der Waals surface area contributed by atoms with Gasteiger partial charge < -0.3 is 15.2 Å². The van der Waals surface area contributed by atoms with E-state index in [2.05, 4.69) is 5.32 Å². The highest BCUT2D eigenvalue weighted by atomic mass is 35.5. The number of nitrogens with two attached hydrogens (primary N) is 1. The summed E-state index contributed by atoms with van der Waals surface area (Å²) in [5.41, 5.74) is 6.11. The molecule has 0 aliphatic heterocycles. The van der Waals surface area contributed by atoms with Gasteiger partial charge in [-0.25, -0.2) is 0 Å². The summed E-state index contributed by atoms with van der Waals surface area (Å²) in [6.45, 7) is 1.31. The summed E-state index contributed by atoms with van der Waals surface area (Å²) in [5, 5.41) is 2.60. The van der Waals surface area contributed by atoms with Gasteiger partial charge >= 0.3 is 10.1 Å². The van der Waals surface area contributed by atoms with E-state index in [1.165, 1.54) is 37.3 Å². The first kappa shape index (κ1) is 17.4. The van der Waals surface area contributed by atoms with Gasteiger partial charge in [0.25, 0.3) is 0 Å². The third-order valence-electron chi connectivity index (χ3n) is 2.73. The molecule has 3 N–H and O–H groups in total. The molecule has 2 rings (SSSR count). The highest BCUT2D eigenvalue weighted by molar-refractivity contribution is 7.87. The molecule has 0 spiro atoms. The zero-order valence-corrected chi connectivity index (χ0v) is 14.2. The number of hydrogen-bond acceptors (Lipinski definition) is 5. The second-order valence-electron chi connectivity index (χ2n) is 4.52. The van der Waals surface area contributed by atoms with E-state index in [-0.39, 0.29) is 32.3 Å². The fraction of sp³-hybridized carbons (Fsp3) is 0.0714. The molecule has 0 unspecified atom stereocenters. The van der Waals surface area contributed by atoms with Crippen LogP contribution in [0.25, 0.3) is 0 Å². The molecule has 0 aliphatic carbocycles. The van der Waals surface area contributed by atoms with E-state index >= 15 is 0 Å². The SMILES string of the molecule is CC(=O)Nc1ccc(S(=O)(=O)Oc2c(Cl)cccc2Cl)cc1N. The quantitative estimate of drug-likeness (QED) is 0.631. The summed E-state index contributed by atoms with van der Waals surface area (Å²) in [7, 11) is -4.19. The van der Waals surface area contributed by atoms with Crippen LogP contribution in [0, 0.1) is 0 Å². The lowest BCUT2D eigenvalue weighted by atomic mass is 10.2. The van der Waals surface area contributed by atoms with Gasteiger partial charge in [0.15, 0.2) is 5.75 Å². The number of halogens is 2. The summed E-state index contributed by atoms with van der Waals surface area (Å²) in [6.07, 6.45) is 0. The maximum absolute atomic E-state index is 12.3. The Balaban J connectivity index is 2.37. The lowest BCUT2D eigenvalue weighted by Gasteiger charge is -2.12. The van der Waals surface area contributed by atoms with Crippen molar-refractivity contribution < 1.29 is 17.4 Å². The number of anilines is 2. The molecular weight excluding hydrogens is 363 g/mol. The van der Waals surface area contributed by atoms with E-state index in [1.807, 2.05) is 0 Å². The van der Waals surface area contributed by atoms with Crippen molar-refractivity contribution in [3.05, 3.63) is 46.4 Å². The average molecular weight is 375 g/mol. The smallest absolute Gasteiger partial charge is 0.339 e. The van der Waals surface area contributed by atoms with E-state index in [0.29, 0.717) is 5.69 Å². The molecule has 23 heavy (non-hydrogen) atoms. The minimum atomic E-state index is -4.19. The molecule has 0 bridgehead atoms. The molecule has 0 aromatic heterocycles. The van der Waals surface area contributed by atoms with Crippen molar-refractivity contribution in [3.63, 3.8) is 0 Å². The Morgan fingerprint density at radius 3 is 2.30 bits per heavy atom. The van der Waals surface area contributed by atoms with Crippen LogP contribution in [0.4, 0.5) is 11.4 Å². The molecule has 0 saturated heterocycles. The van der Waals surface area contributed by atoms with Crippen molar-refractivity contribution in [1.29, 1.82) is 0 Å². The molecule has 9 heteroatoms. The Morgan fingerprint density at radius 1 is 1.17 bits per heavy atom. The van der Waals surface area contributed by atoms with Crippen molar-refractivity contribution in [3.8, 4) is 5.75 Å². The summed E-state index contributed by atoms with van der Waals surface area (Å²) < 4.78 is 29.6. The first-order chi connectivity index (χ1) is 10.7. The Labute approximate surface area is 143 Å². The first-order valence-electron chi connectivity index (χ1n) is 6.26. The van der Waals surface area contributed by atoms with Crippen LogP contribution in [0.5, 0.6) is 5.75 Å². The van der Waals surface area contributed by atoms with E-state index in [0.717, 1.165) is 0 Å². The predicted molar refractivity (Wildman–Crippen MR) is 89.4 cm³/mol. The molecule has 6 nitrogen and oxygen atoms in total. The fourth-order valence-electron chi connectivity index (χ4n) is 1.72. The monoisotopic (exact) mass is 374 g/mol. The predicted octanol–water partition coefficient (Wildman–Crippen LogP) is 3.30. The highest BCUT2D eigenvalue weighted by Crippen LogP contribution is 2.35. The van der Waals surface area contributed by atoms with Crippen molar-refractivity contribution in [1.82, 2.24) is 0 Å². The molecule has 0 radical (unpaired) electrons. The Kier molecular flexibility index (Phi) is 5.03. The molecule has 0 atom stereocenters. The fourth-order valence-corrected chi connectivity index (χ4v) is 3.29. The van der Waals surface area contributed by atoms with E-state index in [9.17, 15) is 13.2 Å². The third-order valence-corrected chi connectivity index (χ3v) is 4.55. The Bertz CT molecular complexity index is 849. The van der Waals surface area contributed by atoms with Crippen LogP contribution in [-0.2, 0) is 14.9 Å².